The van der Waals surface area contributed by atoms with E-state index in [1.165, 1.54) is 0 Å². The van der Waals surface area contributed by atoms with Gasteiger partial charge in [-0.15, -0.1) is 0 Å². The van der Waals surface area contributed by atoms with Crippen molar-refractivity contribution in [1.82, 2.24) is 5.32 Å². The smallest absolute Gasteiger partial charge is 0.247 e. The van der Waals surface area contributed by atoms with Crippen molar-refractivity contribution in [3.05, 3.63) is 0 Å². The van der Waals surface area contributed by atoms with Crippen molar-refractivity contribution in [1.29, 1.82) is 0 Å². The summed E-state index contributed by atoms with van der Waals surface area (Å²) in [4.78, 5) is 0. The van der Waals surface area contributed by atoms with Crippen LogP contribution in [0.15, 0.2) is 0 Å². The topological polar surface area (TPSA) is 12.0 Å². The maximum Gasteiger partial charge on any atom is 0.247 e. The van der Waals surface area contributed by atoms with Crippen molar-refractivity contribution in [2.24, 2.45) is 11.8 Å². The Labute approximate surface area is 74.5 Å². The summed E-state index contributed by atoms with van der Waals surface area (Å²) in [5, 5.41) is 2.96. The molecule has 0 aromatic rings. The number of piperidine rings is 1. The van der Waals surface area contributed by atoms with Gasteiger partial charge in [0.15, 0.2) is 0 Å². The highest BCUT2D eigenvalue weighted by atomic mass is 19.3. The van der Waals surface area contributed by atoms with E-state index in [1.807, 2.05) is 0 Å². The lowest BCUT2D eigenvalue weighted by Crippen LogP contribution is -2.37. The zero-order chi connectivity index (χ0) is 9.84. The Balaban J connectivity index is 2.52. The van der Waals surface area contributed by atoms with Gasteiger partial charge in [-0.1, -0.05) is 0 Å². The van der Waals surface area contributed by atoms with Gasteiger partial charge in [0, 0.05) is 0 Å². The molecule has 0 bridgehead atoms. The number of hydrogen-bond donors (Lipinski definition) is 1. The Kier molecular flexibility index (Phi) is 3.96. The minimum absolute atomic E-state index is 0.430. The van der Waals surface area contributed by atoms with E-state index in [0.717, 1.165) is 0 Å². The lowest BCUT2D eigenvalue weighted by atomic mass is 9.85. The monoisotopic (exact) mass is 199 g/mol. The first kappa shape index (κ1) is 10.8. The first-order chi connectivity index (χ1) is 6.13. The Morgan fingerprint density at radius 2 is 1.38 bits per heavy atom. The molecule has 1 N–H and O–H groups in total. The quantitative estimate of drug-likeness (QED) is 0.686. The van der Waals surface area contributed by atoms with Crippen LogP contribution in [0.1, 0.15) is 12.8 Å². The van der Waals surface area contributed by atoms with Crippen LogP contribution in [0.3, 0.4) is 0 Å². The van der Waals surface area contributed by atoms with E-state index in [-0.39, 0.29) is 0 Å². The fourth-order valence-corrected chi connectivity index (χ4v) is 1.75. The van der Waals surface area contributed by atoms with E-state index < -0.39 is 24.7 Å². The highest BCUT2D eigenvalue weighted by molar-refractivity contribution is 4.78. The van der Waals surface area contributed by atoms with Crippen LogP contribution in [0.4, 0.5) is 17.6 Å². The summed E-state index contributed by atoms with van der Waals surface area (Å²) in [5.74, 6) is -2.26. The molecule has 0 atom stereocenters. The van der Waals surface area contributed by atoms with Crippen LogP contribution in [0.5, 0.6) is 0 Å². The van der Waals surface area contributed by atoms with Crippen molar-refractivity contribution in [2.45, 2.75) is 25.7 Å². The van der Waals surface area contributed by atoms with Crippen LogP contribution in [0, 0.1) is 11.8 Å². The number of alkyl halides is 4. The van der Waals surface area contributed by atoms with Crippen LogP contribution in [-0.2, 0) is 0 Å². The van der Waals surface area contributed by atoms with Gasteiger partial charge in [0.05, 0.1) is 5.92 Å². The van der Waals surface area contributed by atoms with Gasteiger partial charge in [0.2, 0.25) is 12.9 Å². The van der Waals surface area contributed by atoms with Gasteiger partial charge in [0.1, 0.15) is 0 Å². The van der Waals surface area contributed by atoms with Crippen molar-refractivity contribution < 1.29 is 17.6 Å². The van der Waals surface area contributed by atoms with Crippen LogP contribution in [-0.4, -0.2) is 25.9 Å². The minimum Gasteiger partial charge on any atom is -0.317 e. The predicted octanol–water partition coefficient (Wildman–Crippen LogP) is 2.13. The van der Waals surface area contributed by atoms with Gasteiger partial charge in [-0.2, -0.15) is 0 Å². The molecule has 1 nitrogen and oxygen atoms in total. The molecule has 1 rings (SSSR count). The molecule has 1 saturated heterocycles. The molecule has 0 amide bonds. The summed E-state index contributed by atoms with van der Waals surface area (Å²) in [5.41, 5.74) is 0. The van der Waals surface area contributed by atoms with E-state index in [0.29, 0.717) is 25.9 Å². The van der Waals surface area contributed by atoms with E-state index >= 15 is 0 Å². The number of hydrogen-bond acceptors (Lipinski definition) is 1. The third-order valence-corrected chi connectivity index (χ3v) is 2.51. The Bertz CT molecular complexity index is 137. The summed E-state index contributed by atoms with van der Waals surface area (Å²) in [6, 6.07) is 0. The first-order valence-electron chi connectivity index (χ1n) is 4.40. The molecule has 0 unspecified atom stereocenters. The number of rotatable bonds is 3. The van der Waals surface area contributed by atoms with Crippen LogP contribution in [0.25, 0.3) is 0 Å². The van der Waals surface area contributed by atoms with Gasteiger partial charge in [0.25, 0.3) is 0 Å². The molecule has 0 spiro atoms. The largest absolute Gasteiger partial charge is 0.317 e. The van der Waals surface area contributed by atoms with Crippen LogP contribution in [0.2, 0.25) is 0 Å². The van der Waals surface area contributed by atoms with E-state index in [9.17, 15) is 17.6 Å². The molecule has 0 aromatic heterocycles. The molecule has 1 fully saturated rings. The summed E-state index contributed by atoms with van der Waals surface area (Å²) < 4.78 is 48.9. The fraction of sp³-hybridized carbons (Fsp3) is 1.00. The van der Waals surface area contributed by atoms with E-state index in [1.54, 1.807) is 0 Å². The molecule has 0 aliphatic carbocycles. The second-order valence-electron chi connectivity index (χ2n) is 3.33. The zero-order valence-electron chi connectivity index (χ0n) is 7.15. The number of halogens is 4. The molecule has 13 heavy (non-hydrogen) atoms. The normalized spacial score (nSPS) is 20.5. The lowest BCUT2D eigenvalue weighted by molar-refractivity contribution is -0.0619. The van der Waals surface area contributed by atoms with Crippen molar-refractivity contribution in [3.8, 4) is 0 Å². The first-order valence-corrected chi connectivity index (χ1v) is 4.40. The summed E-state index contributed by atoms with van der Waals surface area (Å²) in [6.07, 6.45) is -4.94. The van der Waals surface area contributed by atoms with Crippen molar-refractivity contribution in [3.63, 3.8) is 0 Å². The van der Waals surface area contributed by atoms with Gasteiger partial charge >= 0.3 is 0 Å². The summed E-state index contributed by atoms with van der Waals surface area (Å²) >= 11 is 0. The van der Waals surface area contributed by atoms with Gasteiger partial charge < -0.3 is 5.32 Å². The zero-order valence-corrected chi connectivity index (χ0v) is 7.15. The Morgan fingerprint density at radius 3 is 1.77 bits per heavy atom. The summed E-state index contributed by atoms with van der Waals surface area (Å²) in [7, 11) is 0. The molecule has 0 saturated carbocycles. The van der Waals surface area contributed by atoms with Gasteiger partial charge in [-0.05, 0) is 31.8 Å². The molecular weight excluding hydrogens is 186 g/mol. The standard InChI is InChI=1S/C8H13F4N/c9-7(10)6(8(11)12)5-1-3-13-4-2-5/h5-8,13H,1-4H2. The minimum atomic E-state index is -2.90. The van der Waals surface area contributed by atoms with Gasteiger partial charge in [-0.25, -0.2) is 17.6 Å². The Morgan fingerprint density at radius 1 is 0.923 bits per heavy atom. The van der Waals surface area contributed by atoms with Crippen LogP contribution < -0.4 is 5.32 Å². The molecular formula is C8H13F4N. The third kappa shape index (κ3) is 2.83. The SMILES string of the molecule is FC(F)C(C(F)F)C1CCNCC1. The van der Waals surface area contributed by atoms with E-state index in [2.05, 4.69) is 5.32 Å². The van der Waals surface area contributed by atoms with E-state index in [4.69, 9.17) is 0 Å². The van der Waals surface area contributed by atoms with Gasteiger partial charge in [-0.3, -0.25) is 0 Å². The molecule has 5 heteroatoms. The van der Waals surface area contributed by atoms with Crippen molar-refractivity contribution in [2.75, 3.05) is 13.1 Å². The average Bonchev–Trinajstić information content (AvgIpc) is 2.04. The molecule has 78 valence electrons. The fourth-order valence-electron chi connectivity index (χ4n) is 1.75. The molecule has 0 aromatic carbocycles. The number of nitrogens with one attached hydrogen (secondary N) is 1. The van der Waals surface area contributed by atoms with Crippen molar-refractivity contribution >= 4 is 0 Å². The molecule has 0 radical (unpaired) electrons. The lowest BCUT2D eigenvalue weighted by Gasteiger charge is -2.29. The van der Waals surface area contributed by atoms with Crippen LogP contribution >= 0.6 is 0 Å². The maximum atomic E-state index is 12.2. The highest BCUT2D eigenvalue weighted by Gasteiger charge is 2.37. The second kappa shape index (κ2) is 4.79. The predicted molar refractivity (Wildman–Crippen MR) is 41.1 cm³/mol. The highest BCUT2D eigenvalue weighted by Crippen LogP contribution is 2.31. The second-order valence-corrected chi connectivity index (χ2v) is 3.33. The molecule has 1 aliphatic heterocycles. The average molecular weight is 199 g/mol. The third-order valence-electron chi connectivity index (χ3n) is 2.51. The summed E-state index contributed by atoms with van der Waals surface area (Å²) in [6.45, 7) is 1.14. The molecule has 1 aliphatic rings. The molecule has 1 heterocycles. The Hall–Kier alpha value is -0.320. The maximum absolute atomic E-state index is 12.2.